The molecular weight excluding hydrogens is 366 g/mol. The number of hydrogen-bond acceptors (Lipinski definition) is 5. The van der Waals surface area contributed by atoms with Gasteiger partial charge < -0.3 is 19.3 Å². The molecule has 2 aromatic rings. The molecule has 1 heterocycles. The van der Waals surface area contributed by atoms with Crippen molar-refractivity contribution in [3.05, 3.63) is 53.1 Å². The first-order valence-corrected chi connectivity index (χ1v) is 9.51. The van der Waals surface area contributed by atoms with Crippen LogP contribution in [0.25, 0.3) is 0 Å². The summed E-state index contributed by atoms with van der Waals surface area (Å²) < 4.78 is 16.6. The number of hydrogen-bond donors (Lipinski definition) is 1. The fraction of sp³-hybridized carbons (Fsp3) is 0.429. The van der Waals surface area contributed by atoms with E-state index in [1.54, 1.807) is 26.4 Å². The van der Waals surface area contributed by atoms with E-state index in [1.165, 1.54) is 0 Å². The van der Waals surface area contributed by atoms with Gasteiger partial charge in [0.25, 0.3) is 0 Å². The molecule has 5 nitrogen and oxygen atoms in total. The van der Waals surface area contributed by atoms with Crippen LogP contribution in [0.5, 0.6) is 17.2 Å². The van der Waals surface area contributed by atoms with Gasteiger partial charge in [0.1, 0.15) is 30.0 Å². The fourth-order valence-electron chi connectivity index (χ4n) is 3.57. The van der Waals surface area contributed by atoms with Gasteiger partial charge >= 0.3 is 0 Å². The molecule has 0 spiro atoms. The van der Waals surface area contributed by atoms with Crippen LogP contribution in [-0.2, 0) is 0 Å². The third kappa shape index (κ3) is 4.86. The summed E-state index contributed by atoms with van der Waals surface area (Å²) in [5.74, 6) is 2.24. The summed E-state index contributed by atoms with van der Waals surface area (Å²) in [7, 11) is 3.34. The molecule has 0 aromatic heterocycles. The van der Waals surface area contributed by atoms with E-state index in [4.69, 9.17) is 25.8 Å². The molecule has 0 bridgehead atoms. The Kier molecular flexibility index (Phi) is 6.83. The molecule has 1 saturated heterocycles. The van der Waals surface area contributed by atoms with Crippen LogP contribution in [0.2, 0.25) is 5.02 Å². The minimum absolute atomic E-state index is 0.185. The van der Waals surface area contributed by atoms with Crippen LogP contribution in [0.1, 0.15) is 24.4 Å². The monoisotopic (exact) mass is 391 g/mol. The maximum Gasteiger partial charge on any atom is 0.138 e. The quantitative estimate of drug-likeness (QED) is 0.738. The molecule has 1 aliphatic heterocycles. The standard InChI is InChI=1S/C21H26ClNO4/c1-25-16-9-10-20(26-2)17(12-16)19-7-5-11-23(19)13-15(24)14-27-21-8-4-3-6-18(21)22/h3-4,6,8-10,12,15,19,24H,5,7,11,13-14H2,1-2H3. The maximum atomic E-state index is 10.5. The zero-order chi connectivity index (χ0) is 19.2. The number of likely N-dealkylation sites (tertiary alicyclic amines) is 1. The van der Waals surface area contributed by atoms with Gasteiger partial charge in [0.2, 0.25) is 0 Å². The average molecular weight is 392 g/mol. The van der Waals surface area contributed by atoms with Crippen LogP contribution in [0.15, 0.2) is 42.5 Å². The average Bonchev–Trinajstić information content (AvgIpc) is 3.14. The van der Waals surface area contributed by atoms with Gasteiger partial charge in [-0.25, -0.2) is 0 Å². The number of halogens is 1. The predicted octanol–water partition coefficient (Wildman–Crippen LogP) is 3.93. The topological polar surface area (TPSA) is 51.2 Å². The lowest BCUT2D eigenvalue weighted by Gasteiger charge is -2.28. The van der Waals surface area contributed by atoms with Gasteiger partial charge in [0, 0.05) is 18.2 Å². The molecule has 3 rings (SSSR count). The lowest BCUT2D eigenvalue weighted by atomic mass is 10.0. The number of ether oxygens (including phenoxy) is 3. The first-order valence-electron chi connectivity index (χ1n) is 9.13. The van der Waals surface area contributed by atoms with Gasteiger partial charge in [-0.15, -0.1) is 0 Å². The van der Waals surface area contributed by atoms with Gasteiger partial charge in [-0.05, 0) is 49.7 Å². The van der Waals surface area contributed by atoms with E-state index in [9.17, 15) is 5.11 Å². The van der Waals surface area contributed by atoms with Crippen LogP contribution in [0.4, 0.5) is 0 Å². The Balaban J connectivity index is 1.65. The molecule has 0 aliphatic carbocycles. The van der Waals surface area contributed by atoms with E-state index in [1.807, 2.05) is 30.3 Å². The molecule has 2 atom stereocenters. The molecule has 1 N–H and O–H groups in total. The van der Waals surface area contributed by atoms with Crippen molar-refractivity contribution in [1.29, 1.82) is 0 Å². The van der Waals surface area contributed by atoms with Crippen molar-refractivity contribution in [2.45, 2.75) is 25.0 Å². The molecular formula is C21H26ClNO4. The Bertz CT molecular complexity index is 755. The first-order chi connectivity index (χ1) is 13.1. The molecule has 146 valence electrons. The SMILES string of the molecule is COc1ccc(OC)c(C2CCCN2CC(O)COc2ccccc2Cl)c1. The molecule has 0 amide bonds. The van der Waals surface area contributed by atoms with Gasteiger partial charge in [-0.1, -0.05) is 23.7 Å². The summed E-state index contributed by atoms with van der Waals surface area (Å²) >= 11 is 6.10. The van der Waals surface area contributed by atoms with Crippen LogP contribution in [-0.4, -0.2) is 50.0 Å². The lowest BCUT2D eigenvalue weighted by Crippen LogP contribution is -2.35. The fourth-order valence-corrected chi connectivity index (χ4v) is 3.76. The summed E-state index contributed by atoms with van der Waals surface area (Å²) in [6.45, 7) is 1.64. The second-order valence-corrected chi connectivity index (χ2v) is 7.06. The Morgan fingerprint density at radius 3 is 2.70 bits per heavy atom. The Hall–Kier alpha value is -1.95. The summed E-state index contributed by atoms with van der Waals surface area (Å²) in [5.41, 5.74) is 1.09. The van der Waals surface area contributed by atoms with E-state index < -0.39 is 6.10 Å². The van der Waals surface area contributed by atoms with Crippen molar-refractivity contribution in [3.63, 3.8) is 0 Å². The second-order valence-electron chi connectivity index (χ2n) is 6.66. The van der Waals surface area contributed by atoms with Crippen molar-refractivity contribution in [3.8, 4) is 17.2 Å². The van der Waals surface area contributed by atoms with Crippen molar-refractivity contribution in [2.75, 3.05) is 33.9 Å². The van der Waals surface area contributed by atoms with Crippen LogP contribution >= 0.6 is 11.6 Å². The van der Waals surface area contributed by atoms with Crippen LogP contribution < -0.4 is 14.2 Å². The minimum Gasteiger partial charge on any atom is -0.497 e. The highest BCUT2D eigenvalue weighted by atomic mass is 35.5. The van der Waals surface area contributed by atoms with Crippen molar-refractivity contribution in [1.82, 2.24) is 4.90 Å². The summed E-state index contributed by atoms with van der Waals surface area (Å²) in [6, 6.07) is 13.3. The lowest BCUT2D eigenvalue weighted by molar-refractivity contribution is 0.0635. The van der Waals surface area contributed by atoms with Crippen molar-refractivity contribution in [2.24, 2.45) is 0 Å². The zero-order valence-electron chi connectivity index (χ0n) is 15.7. The second kappa shape index (κ2) is 9.31. The summed E-state index contributed by atoms with van der Waals surface area (Å²) in [5, 5.41) is 11.0. The van der Waals surface area contributed by atoms with E-state index in [2.05, 4.69) is 4.90 Å². The number of nitrogens with zero attached hydrogens (tertiary/aromatic N) is 1. The number of para-hydroxylation sites is 1. The highest BCUT2D eigenvalue weighted by molar-refractivity contribution is 6.32. The van der Waals surface area contributed by atoms with Gasteiger partial charge in [0.05, 0.1) is 19.2 Å². The molecule has 2 unspecified atom stereocenters. The molecule has 1 aliphatic rings. The van der Waals surface area contributed by atoms with E-state index in [0.29, 0.717) is 17.3 Å². The highest BCUT2D eigenvalue weighted by Crippen LogP contribution is 2.38. The van der Waals surface area contributed by atoms with Crippen molar-refractivity contribution >= 4 is 11.6 Å². The van der Waals surface area contributed by atoms with E-state index in [0.717, 1.165) is 36.4 Å². The van der Waals surface area contributed by atoms with E-state index in [-0.39, 0.29) is 12.6 Å². The maximum absolute atomic E-state index is 10.5. The largest absolute Gasteiger partial charge is 0.497 e. The third-order valence-electron chi connectivity index (χ3n) is 4.87. The summed E-state index contributed by atoms with van der Waals surface area (Å²) in [6.07, 6.45) is 1.48. The number of rotatable bonds is 8. The van der Waals surface area contributed by atoms with Gasteiger partial charge in [-0.2, -0.15) is 0 Å². The molecule has 2 aromatic carbocycles. The van der Waals surface area contributed by atoms with Crippen molar-refractivity contribution < 1.29 is 19.3 Å². The third-order valence-corrected chi connectivity index (χ3v) is 5.18. The van der Waals surface area contributed by atoms with Crippen LogP contribution in [0.3, 0.4) is 0 Å². The number of benzene rings is 2. The van der Waals surface area contributed by atoms with Gasteiger partial charge in [0.15, 0.2) is 0 Å². The predicted molar refractivity (Wildman–Crippen MR) is 106 cm³/mol. The number of aliphatic hydroxyl groups excluding tert-OH is 1. The number of β-amino-alcohol motifs (C(OH)–C–C–N with tert-alkyl or cyclic N) is 1. The molecule has 0 saturated carbocycles. The Morgan fingerprint density at radius 2 is 1.96 bits per heavy atom. The normalized spacial score (nSPS) is 18.3. The van der Waals surface area contributed by atoms with E-state index >= 15 is 0 Å². The Labute approximate surface area is 165 Å². The molecule has 0 radical (unpaired) electrons. The number of methoxy groups -OCH3 is 2. The Morgan fingerprint density at radius 1 is 1.15 bits per heavy atom. The molecule has 27 heavy (non-hydrogen) atoms. The highest BCUT2D eigenvalue weighted by Gasteiger charge is 2.30. The molecule has 1 fully saturated rings. The minimum atomic E-state index is -0.613. The number of aliphatic hydroxyl groups is 1. The summed E-state index contributed by atoms with van der Waals surface area (Å²) in [4.78, 5) is 2.28. The van der Waals surface area contributed by atoms with Crippen LogP contribution in [0, 0.1) is 0 Å². The van der Waals surface area contributed by atoms with Gasteiger partial charge in [-0.3, -0.25) is 4.90 Å². The molecule has 6 heteroatoms. The zero-order valence-corrected chi connectivity index (χ0v) is 16.5. The smallest absolute Gasteiger partial charge is 0.138 e. The first kappa shape index (κ1) is 19.8.